The van der Waals surface area contributed by atoms with Crippen LogP contribution in [0.15, 0.2) is 48.7 Å². The minimum absolute atomic E-state index is 0.0603. The number of hydroxylamine groups is 1. The maximum Gasteiger partial charge on any atom is 0.278 e. The Morgan fingerprint density at radius 2 is 1.85 bits per heavy atom. The van der Waals surface area contributed by atoms with E-state index in [1.807, 2.05) is 0 Å². The predicted octanol–water partition coefficient (Wildman–Crippen LogP) is 2.25. The third kappa shape index (κ3) is 3.31. The van der Waals surface area contributed by atoms with Gasteiger partial charge in [0, 0.05) is 11.8 Å². The summed E-state index contributed by atoms with van der Waals surface area (Å²) in [7, 11) is 2.89. The van der Waals surface area contributed by atoms with Crippen LogP contribution in [0.4, 0.5) is 0 Å². The van der Waals surface area contributed by atoms with E-state index in [1.54, 1.807) is 31.4 Å². The molecule has 0 radical (unpaired) electrons. The molecule has 0 saturated heterocycles. The number of nitrogens with one attached hydrogen (secondary N) is 1. The number of carbonyl (C=O) groups excluding carboxylic acids is 1. The van der Waals surface area contributed by atoms with Crippen molar-refractivity contribution in [2.45, 2.75) is 0 Å². The molecular weight excluding hydrogens is 338 g/mol. The number of nitrogens with zero attached hydrogens (tertiary/aromatic N) is 2. The molecule has 0 aliphatic heterocycles. The molecule has 1 amide bonds. The van der Waals surface area contributed by atoms with Crippen molar-refractivity contribution in [3.63, 3.8) is 0 Å². The van der Waals surface area contributed by atoms with Crippen LogP contribution in [-0.2, 0) is 4.84 Å². The number of ether oxygens (including phenoxy) is 1. The summed E-state index contributed by atoms with van der Waals surface area (Å²) in [5.41, 5.74) is 3.50. The molecule has 1 aromatic heterocycles. The minimum Gasteiger partial charge on any atom is -0.508 e. The SMILES string of the molecule is CONC(=O)c1cn(-c2ccc(OC)cc2)nc1-c1cc(O)ccc1O. The zero-order chi connectivity index (χ0) is 18.7. The normalized spacial score (nSPS) is 10.5. The van der Waals surface area contributed by atoms with E-state index in [-0.39, 0.29) is 28.3 Å². The van der Waals surface area contributed by atoms with E-state index >= 15 is 0 Å². The van der Waals surface area contributed by atoms with E-state index in [1.165, 1.54) is 36.2 Å². The van der Waals surface area contributed by atoms with Crippen LogP contribution in [0.1, 0.15) is 10.4 Å². The van der Waals surface area contributed by atoms with E-state index in [2.05, 4.69) is 15.4 Å². The molecule has 26 heavy (non-hydrogen) atoms. The van der Waals surface area contributed by atoms with Gasteiger partial charge in [0.05, 0.1) is 25.5 Å². The van der Waals surface area contributed by atoms with Crippen molar-refractivity contribution < 1.29 is 24.6 Å². The zero-order valence-electron chi connectivity index (χ0n) is 14.1. The third-order valence-corrected chi connectivity index (χ3v) is 3.73. The molecular formula is C18H17N3O5. The number of amides is 1. The number of phenols is 2. The molecule has 3 aromatic rings. The van der Waals surface area contributed by atoms with E-state index in [0.29, 0.717) is 11.4 Å². The first-order valence-corrected chi connectivity index (χ1v) is 7.63. The maximum absolute atomic E-state index is 12.3. The molecule has 0 bridgehead atoms. The summed E-state index contributed by atoms with van der Waals surface area (Å²) >= 11 is 0. The number of phenolic OH excluding ortho intramolecular Hbond substituents is 2. The van der Waals surface area contributed by atoms with Crippen LogP contribution in [-0.4, -0.2) is 40.1 Å². The standard InChI is InChI=1S/C18H17N3O5/c1-25-13-6-3-11(4-7-13)21-10-15(18(24)20-26-2)17(19-21)14-9-12(22)5-8-16(14)23/h3-10,22-23H,1-2H3,(H,20,24). The van der Waals surface area contributed by atoms with Gasteiger partial charge in [-0.05, 0) is 42.5 Å². The van der Waals surface area contributed by atoms with Crippen molar-refractivity contribution in [3.8, 4) is 34.2 Å². The van der Waals surface area contributed by atoms with Crippen LogP contribution in [0.2, 0.25) is 0 Å². The largest absolute Gasteiger partial charge is 0.508 e. The average Bonchev–Trinajstić information content (AvgIpc) is 3.09. The number of aromatic nitrogens is 2. The first-order chi connectivity index (χ1) is 12.5. The van der Waals surface area contributed by atoms with Crippen LogP contribution < -0.4 is 10.2 Å². The first-order valence-electron chi connectivity index (χ1n) is 7.63. The maximum atomic E-state index is 12.3. The van der Waals surface area contributed by atoms with Gasteiger partial charge < -0.3 is 14.9 Å². The predicted molar refractivity (Wildman–Crippen MR) is 93.4 cm³/mol. The lowest BCUT2D eigenvalue weighted by atomic mass is 10.1. The molecule has 3 N–H and O–H groups in total. The van der Waals surface area contributed by atoms with Gasteiger partial charge in [-0.2, -0.15) is 5.10 Å². The zero-order valence-corrected chi connectivity index (χ0v) is 14.1. The molecule has 2 aromatic carbocycles. The number of rotatable bonds is 5. The van der Waals surface area contributed by atoms with Gasteiger partial charge in [-0.3, -0.25) is 9.63 Å². The molecule has 3 rings (SSSR count). The number of carbonyl (C=O) groups is 1. The van der Waals surface area contributed by atoms with Crippen LogP contribution in [0.5, 0.6) is 17.2 Å². The van der Waals surface area contributed by atoms with Gasteiger partial charge in [-0.15, -0.1) is 0 Å². The van der Waals surface area contributed by atoms with Crippen LogP contribution in [0.3, 0.4) is 0 Å². The Kier molecular flexibility index (Phi) is 4.76. The van der Waals surface area contributed by atoms with Crippen molar-refractivity contribution >= 4 is 5.91 Å². The highest BCUT2D eigenvalue weighted by Crippen LogP contribution is 2.34. The molecule has 0 spiro atoms. The molecule has 134 valence electrons. The summed E-state index contributed by atoms with van der Waals surface area (Å²) in [6, 6.07) is 11.1. The van der Waals surface area contributed by atoms with Gasteiger partial charge in [0.25, 0.3) is 5.91 Å². The van der Waals surface area contributed by atoms with Gasteiger partial charge >= 0.3 is 0 Å². The Morgan fingerprint density at radius 1 is 1.12 bits per heavy atom. The molecule has 0 aliphatic rings. The van der Waals surface area contributed by atoms with Crippen molar-refractivity contribution in [1.82, 2.24) is 15.3 Å². The molecule has 1 heterocycles. The highest BCUT2D eigenvalue weighted by molar-refractivity contribution is 6.00. The Morgan fingerprint density at radius 3 is 2.50 bits per heavy atom. The summed E-state index contributed by atoms with van der Waals surface area (Å²) in [5.74, 6) is -0.0294. The van der Waals surface area contributed by atoms with Crippen molar-refractivity contribution in [1.29, 1.82) is 0 Å². The monoisotopic (exact) mass is 355 g/mol. The van der Waals surface area contributed by atoms with Gasteiger partial charge in [-0.25, -0.2) is 10.2 Å². The quantitative estimate of drug-likeness (QED) is 0.479. The number of hydrogen-bond acceptors (Lipinski definition) is 6. The molecule has 8 heteroatoms. The molecule has 0 unspecified atom stereocenters. The van der Waals surface area contributed by atoms with Crippen LogP contribution in [0, 0.1) is 0 Å². The van der Waals surface area contributed by atoms with E-state index in [0.717, 1.165) is 0 Å². The second kappa shape index (κ2) is 7.16. The lowest BCUT2D eigenvalue weighted by Crippen LogP contribution is -2.21. The van der Waals surface area contributed by atoms with E-state index in [4.69, 9.17) is 4.74 Å². The highest BCUT2D eigenvalue weighted by Gasteiger charge is 2.21. The average molecular weight is 355 g/mol. The fourth-order valence-corrected chi connectivity index (χ4v) is 2.47. The fourth-order valence-electron chi connectivity index (χ4n) is 2.47. The Balaban J connectivity index is 2.13. The number of methoxy groups -OCH3 is 1. The Bertz CT molecular complexity index is 934. The molecule has 8 nitrogen and oxygen atoms in total. The molecule has 0 aliphatic carbocycles. The van der Waals surface area contributed by atoms with E-state index < -0.39 is 5.91 Å². The lowest BCUT2D eigenvalue weighted by Gasteiger charge is -2.05. The Hall–Kier alpha value is -3.52. The lowest BCUT2D eigenvalue weighted by molar-refractivity contribution is 0.0538. The molecule has 0 atom stereocenters. The second-order valence-electron chi connectivity index (χ2n) is 5.37. The van der Waals surface area contributed by atoms with Gasteiger partial charge in [-0.1, -0.05) is 0 Å². The van der Waals surface area contributed by atoms with Crippen molar-refractivity contribution in [3.05, 3.63) is 54.2 Å². The summed E-state index contributed by atoms with van der Waals surface area (Å²) in [6.45, 7) is 0. The Labute approximate surface area is 149 Å². The third-order valence-electron chi connectivity index (χ3n) is 3.73. The van der Waals surface area contributed by atoms with Crippen LogP contribution >= 0.6 is 0 Å². The molecule has 0 saturated carbocycles. The summed E-state index contributed by atoms with van der Waals surface area (Å²) in [5, 5.41) is 24.3. The smallest absolute Gasteiger partial charge is 0.278 e. The summed E-state index contributed by atoms with van der Waals surface area (Å²) in [6.07, 6.45) is 1.51. The topological polar surface area (TPSA) is 106 Å². The van der Waals surface area contributed by atoms with E-state index in [9.17, 15) is 15.0 Å². The van der Waals surface area contributed by atoms with Crippen molar-refractivity contribution in [2.24, 2.45) is 0 Å². The fraction of sp³-hybridized carbons (Fsp3) is 0.111. The number of hydrogen-bond donors (Lipinski definition) is 3. The minimum atomic E-state index is -0.537. The summed E-state index contributed by atoms with van der Waals surface area (Å²) in [4.78, 5) is 17.0. The highest BCUT2D eigenvalue weighted by atomic mass is 16.6. The first kappa shape index (κ1) is 17.3. The van der Waals surface area contributed by atoms with Crippen LogP contribution in [0.25, 0.3) is 16.9 Å². The van der Waals surface area contributed by atoms with Gasteiger partial charge in [0.1, 0.15) is 22.9 Å². The second-order valence-corrected chi connectivity index (χ2v) is 5.37. The number of aromatic hydroxyl groups is 2. The summed E-state index contributed by atoms with van der Waals surface area (Å²) < 4.78 is 6.62. The molecule has 0 fully saturated rings. The number of benzene rings is 2. The van der Waals surface area contributed by atoms with Gasteiger partial charge in [0.2, 0.25) is 0 Å². The van der Waals surface area contributed by atoms with Gasteiger partial charge in [0.15, 0.2) is 0 Å². The van der Waals surface area contributed by atoms with Crippen molar-refractivity contribution in [2.75, 3.05) is 14.2 Å².